The van der Waals surface area contributed by atoms with Crippen molar-refractivity contribution in [3.8, 4) is 0 Å². The number of fused-ring (bicyclic) bond motifs is 2. The molecule has 9 heteroatoms. The summed E-state index contributed by atoms with van der Waals surface area (Å²) in [7, 11) is 1.70. The monoisotopic (exact) mass is 476 g/mol. The van der Waals surface area contributed by atoms with Crippen molar-refractivity contribution in [1.29, 1.82) is 0 Å². The Kier molecular flexibility index (Phi) is 5.66. The number of imide groups is 1. The van der Waals surface area contributed by atoms with E-state index in [0.29, 0.717) is 27.8 Å². The quantitative estimate of drug-likeness (QED) is 0.622. The van der Waals surface area contributed by atoms with Gasteiger partial charge in [0.2, 0.25) is 11.9 Å². The molecule has 1 aliphatic carbocycles. The summed E-state index contributed by atoms with van der Waals surface area (Å²) in [6.45, 7) is 4.07. The highest BCUT2D eigenvalue weighted by molar-refractivity contribution is 6.42. The SMILES string of the molecule is CC1CN(C2CCCCC2)C2=[N+](C1)C1C(=O)N(Cc3ccc(Cl)c(Cl)c3)C(=O)N(C)C1=N2. The second kappa shape index (κ2) is 8.34. The van der Waals surface area contributed by atoms with Crippen molar-refractivity contribution < 1.29 is 14.2 Å². The van der Waals surface area contributed by atoms with Crippen LogP contribution in [0.3, 0.4) is 0 Å². The third kappa shape index (κ3) is 3.59. The first kappa shape index (κ1) is 21.7. The van der Waals surface area contributed by atoms with Crippen LogP contribution in [-0.2, 0) is 11.3 Å². The first-order chi connectivity index (χ1) is 15.3. The maximum atomic E-state index is 13.6. The zero-order valence-corrected chi connectivity index (χ0v) is 19.9. The maximum Gasteiger partial charge on any atom is 0.392 e. The summed E-state index contributed by atoms with van der Waals surface area (Å²) in [6, 6.07) is 4.70. The molecule has 170 valence electrons. The highest BCUT2D eigenvalue weighted by Crippen LogP contribution is 2.31. The highest BCUT2D eigenvalue weighted by atomic mass is 35.5. The molecule has 0 radical (unpaired) electrons. The van der Waals surface area contributed by atoms with Gasteiger partial charge in [0.25, 0.3) is 5.91 Å². The summed E-state index contributed by atoms with van der Waals surface area (Å²) in [5.41, 5.74) is 0.757. The molecule has 1 saturated heterocycles. The van der Waals surface area contributed by atoms with Crippen molar-refractivity contribution in [3.63, 3.8) is 0 Å². The number of rotatable bonds is 3. The van der Waals surface area contributed by atoms with Crippen molar-refractivity contribution in [2.75, 3.05) is 20.1 Å². The smallest absolute Gasteiger partial charge is 0.270 e. The first-order valence-electron chi connectivity index (χ1n) is 11.4. The molecule has 5 rings (SSSR count). The lowest BCUT2D eigenvalue weighted by molar-refractivity contribution is -0.552. The standard InChI is InChI=1S/C23H28Cl2N5O2/c1-14-11-28(16-6-4-3-5-7-16)22-26-20-19(29(22)12-14)21(31)30(23(32)27(20)2)13-15-8-9-17(24)18(25)10-15/h8-10,14,16,19H,3-7,11-13H2,1-2H3/q+1. The van der Waals surface area contributed by atoms with Crippen LogP contribution in [0.15, 0.2) is 23.2 Å². The van der Waals surface area contributed by atoms with E-state index in [9.17, 15) is 9.59 Å². The second-order valence-electron chi connectivity index (χ2n) is 9.39. The molecule has 1 saturated carbocycles. The molecule has 3 heterocycles. The number of urea groups is 1. The number of carbonyl (C=O) groups is 2. The van der Waals surface area contributed by atoms with E-state index in [1.807, 2.05) is 0 Å². The predicted octanol–water partition coefficient (Wildman–Crippen LogP) is 3.82. The molecule has 3 amide bonds. The van der Waals surface area contributed by atoms with Gasteiger partial charge < -0.3 is 0 Å². The summed E-state index contributed by atoms with van der Waals surface area (Å²) in [5, 5.41) is 0.847. The van der Waals surface area contributed by atoms with Crippen molar-refractivity contribution in [2.45, 2.75) is 57.7 Å². The fourth-order valence-electron chi connectivity index (χ4n) is 5.40. The lowest BCUT2D eigenvalue weighted by Gasteiger charge is -2.37. The van der Waals surface area contributed by atoms with Gasteiger partial charge in [-0.15, -0.1) is 0 Å². The minimum Gasteiger partial charge on any atom is -0.270 e. The summed E-state index contributed by atoms with van der Waals surface area (Å²) >= 11 is 12.2. The van der Waals surface area contributed by atoms with Crippen LogP contribution in [0.5, 0.6) is 0 Å². The molecule has 4 aliphatic rings. The van der Waals surface area contributed by atoms with Gasteiger partial charge in [0.05, 0.1) is 35.7 Å². The molecule has 0 bridgehead atoms. The largest absolute Gasteiger partial charge is 0.392 e. The Morgan fingerprint density at radius 3 is 2.59 bits per heavy atom. The Labute approximate surface area is 198 Å². The number of likely N-dealkylation sites (N-methyl/N-ethyl adjacent to an activating group) is 1. The van der Waals surface area contributed by atoms with E-state index in [4.69, 9.17) is 28.2 Å². The van der Waals surface area contributed by atoms with Crippen molar-refractivity contribution in [1.82, 2.24) is 14.7 Å². The number of amidine groups is 1. The van der Waals surface area contributed by atoms with E-state index in [1.165, 1.54) is 29.1 Å². The van der Waals surface area contributed by atoms with Gasteiger partial charge >= 0.3 is 12.0 Å². The fraction of sp³-hybridized carbons (Fsp3) is 0.565. The zero-order valence-electron chi connectivity index (χ0n) is 18.4. The maximum absolute atomic E-state index is 13.6. The zero-order chi connectivity index (χ0) is 22.6. The number of hydrogen-bond acceptors (Lipinski definition) is 4. The van der Waals surface area contributed by atoms with Gasteiger partial charge in [-0.2, -0.15) is 0 Å². The summed E-state index contributed by atoms with van der Waals surface area (Å²) in [5.74, 6) is 1.58. The van der Waals surface area contributed by atoms with Crippen LogP contribution in [-0.4, -0.2) is 75.2 Å². The van der Waals surface area contributed by atoms with Crippen LogP contribution < -0.4 is 0 Å². The fourth-order valence-corrected chi connectivity index (χ4v) is 5.72. The minimum absolute atomic E-state index is 0.147. The van der Waals surface area contributed by atoms with Crippen LogP contribution in [0.2, 0.25) is 10.0 Å². The van der Waals surface area contributed by atoms with E-state index >= 15 is 0 Å². The van der Waals surface area contributed by atoms with Gasteiger partial charge in [-0.1, -0.05) is 60.4 Å². The van der Waals surface area contributed by atoms with Crippen LogP contribution in [0.4, 0.5) is 4.79 Å². The lowest BCUT2D eigenvalue weighted by atomic mass is 9.93. The van der Waals surface area contributed by atoms with Crippen LogP contribution in [0.1, 0.15) is 44.6 Å². The number of hydrogen-bond donors (Lipinski definition) is 0. The third-order valence-corrected chi connectivity index (χ3v) is 7.74. The van der Waals surface area contributed by atoms with E-state index in [1.54, 1.807) is 25.2 Å². The number of guanidine groups is 1. The normalized spacial score (nSPS) is 26.5. The minimum atomic E-state index is -0.565. The van der Waals surface area contributed by atoms with E-state index in [-0.39, 0.29) is 18.5 Å². The summed E-state index contributed by atoms with van der Waals surface area (Å²) in [6.07, 6.45) is 6.07. The van der Waals surface area contributed by atoms with E-state index in [0.717, 1.165) is 37.5 Å². The molecule has 1 aromatic carbocycles. The van der Waals surface area contributed by atoms with Gasteiger partial charge in [0.15, 0.2) is 0 Å². The topological polar surface area (TPSA) is 59.2 Å². The van der Waals surface area contributed by atoms with Crippen molar-refractivity contribution >= 4 is 46.9 Å². The Hall–Kier alpha value is -2.12. The Morgan fingerprint density at radius 2 is 1.88 bits per heavy atom. The molecule has 2 fully saturated rings. The molecule has 1 aromatic rings. The molecule has 7 nitrogen and oxygen atoms in total. The molecule has 32 heavy (non-hydrogen) atoms. The Balaban J connectivity index is 1.47. The second-order valence-corrected chi connectivity index (χ2v) is 10.2. The van der Waals surface area contributed by atoms with Gasteiger partial charge in [0.1, 0.15) is 0 Å². The lowest BCUT2D eigenvalue weighted by Crippen LogP contribution is -2.63. The molecular weight excluding hydrogens is 449 g/mol. The molecule has 0 aromatic heterocycles. The number of benzene rings is 1. The summed E-state index contributed by atoms with van der Waals surface area (Å²) in [4.78, 5) is 36.9. The number of carbonyl (C=O) groups excluding carboxylic acids is 2. The Bertz CT molecular complexity index is 1030. The first-order valence-corrected chi connectivity index (χ1v) is 12.1. The molecule has 2 atom stereocenters. The highest BCUT2D eigenvalue weighted by Gasteiger charge is 2.55. The number of aliphatic imine (C=N–C) groups is 1. The van der Waals surface area contributed by atoms with Crippen molar-refractivity contribution in [2.24, 2.45) is 10.9 Å². The molecule has 2 unspecified atom stereocenters. The van der Waals surface area contributed by atoms with Gasteiger partial charge in [-0.3, -0.25) is 19.5 Å². The summed E-state index contributed by atoms with van der Waals surface area (Å²) < 4.78 is 2.12. The average Bonchev–Trinajstić information content (AvgIpc) is 3.17. The molecule has 0 spiro atoms. The number of nitrogens with zero attached hydrogens (tertiary/aromatic N) is 5. The van der Waals surface area contributed by atoms with Crippen LogP contribution >= 0.6 is 23.2 Å². The van der Waals surface area contributed by atoms with Crippen LogP contribution in [0.25, 0.3) is 0 Å². The molecular formula is C23H28Cl2N5O2+. The van der Waals surface area contributed by atoms with Crippen LogP contribution in [0, 0.1) is 5.92 Å². The number of amides is 3. The average molecular weight is 477 g/mol. The van der Waals surface area contributed by atoms with Crippen molar-refractivity contribution in [3.05, 3.63) is 33.8 Å². The molecule has 0 N–H and O–H groups in total. The van der Waals surface area contributed by atoms with E-state index < -0.39 is 6.04 Å². The number of halogens is 2. The Morgan fingerprint density at radius 1 is 1.12 bits per heavy atom. The van der Waals surface area contributed by atoms with Gasteiger partial charge in [-0.25, -0.2) is 9.37 Å². The van der Waals surface area contributed by atoms with Gasteiger partial charge in [0, 0.05) is 13.0 Å². The molecule has 3 aliphatic heterocycles. The van der Waals surface area contributed by atoms with Gasteiger partial charge in [-0.05, 0) is 30.5 Å². The third-order valence-electron chi connectivity index (χ3n) is 7.00. The predicted molar refractivity (Wildman–Crippen MR) is 124 cm³/mol. The van der Waals surface area contributed by atoms with E-state index in [2.05, 4.69) is 16.4 Å².